The van der Waals surface area contributed by atoms with Crippen LogP contribution < -0.4 is 5.32 Å². The van der Waals surface area contributed by atoms with E-state index in [4.69, 9.17) is 0 Å². The average Bonchev–Trinajstić information content (AvgIpc) is 2.50. The predicted molar refractivity (Wildman–Crippen MR) is 83.1 cm³/mol. The average molecular weight is 295 g/mol. The molecule has 1 aliphatic rings. The monoisotopic (exact) mass is 295 g/mol. The first kappa shape index (κ1) is 16.4. The summed E-state index contributed by atoms with van der Waals surface area (Å²) in [5.41, 5.74) is 0.629. The third kappa shape index (κ3) is 4.26. The first-order chi connectivity index (χ1) is 10.2. The Morgan fingerprint density at radius 2 is 1.86 bits per heavy atom. The Bertz CT molecular complexity index is 439. The summed E-state index contributed by atoms with van der Waals surface area (Å²) in [4.78, 5) is 0. The van der Waals surface area contributed by atoms with E-state index >= 15 is 0 Å². The van der Waals surface area contributed by atoms with Gasteiger partial charge in [0, 0.05) is 17.7 Å². The zero-order chi connectivity index (χ0) is 15.2. The van der Waals surface area contributed by atoms with Crippen molar-refractivity contribution >= 4 is 0 Å². The lowest BCUT2D eigenvalue weighted by Gasteiger charge is -2.34. The van der Waals surface area contributed by atoms with Gasteiger partial charge >= 0.3 is 0 Å². The molecule has 21 heavy (non-hydrogen) atoms. The smallest absolute Gasteiger partial charge is 0.130 e. The molecular formula is C18H27F2N. The van der Waals surface area contributed by atoms with Crippen molar-refractivity contribution in [3.63, 3.8) is 0 Å². The van der Waals surface area contributed by atoms with Gasteiger partial charge in [-0.1, -0.05) is 39.2 Å². The van der Waals surface area contributed by atoms with Crippen LogP contribution in [0, 0.1) is 23.5 Å². The van der Waals surface area contributed by atoms with E-state index in [-0.39, 0.29) is 6.04 Å². The number of benzene rings is 1. The summed E-state index contributed by atoms with van der Waals surface area (Å²) in [5, 5.41) is 3.49. The Labute approximate surface area is 127 Å². The van der Waals surface area contributed by atoms with Crippen molar-refractivity contribution in [2.75, 3.05) is 6.54 Å². The second-order valence-corrected chi connectivity index (χ2v) is 6.29. The topological polar surface area (TPSA) is 12.0 Å². The molecule has 0 radical (unpaired) electrons. The minimum Gasteiger partial charge on any atom is -0.310 e. The molecule has 0 bridgehead atoms. The van der Waals surface area contributed by atoms with Gasteiger partial charge in [-0.25, -0.2) is 8.78 Å². The van der Waals surface area contributed by atoms with Gasteiger partial charge in [-0.15, -0.1) is 0 Å². The standard InChI is InChI=1S/C18H27F2N/c1-3-11-21-18(14-7-5-13(4-2)6-8-14)16-10-9-15(19)12-17(16)20/h9-10,12-14,18,21H,3-8,11H2,1-2H3. The highest BCUT2D eigenvalue weighted by Gasteiger charge is 2.29. The van der Waals surface area contributed by atoms with Crippen molar-refractivity contribution < 1.29 is 8.78 Å². The van der Waals surface area contributed by atoms with Crippen LogP contribution >= 0.6 is 0 Å². The van der Waals surface area contributed by atoms with Crippen LogP contribution in [0.3, 0.4) is 0 Å². The van der Waals surface area contributed by atoms with E-state index in [1.165, 1.54) is 25.3 Å². The van der Waals surface area contributed by atoms with Crippen LogP contribution in [0.25, 0.3) is 0 Å². The van der Waals surface area contributed by atoms with Gasteiger partial charge in [-0.2, -0.15) is 0 Å². The maximum atomic E-state index is 14.1. The predicted octanol–water partition coefficient (Wildman–Crippen LogP) is 5.22. The molecule has 1 aromatic rings. The van der Waals surface area contributed by atoms with E-state index in [1.54, 1.807) is 6.07 Å². The normalized spacial score (nSPS) is 24.0. The lowest BCUT2D eigenvalue weighted by Crippen LogP contribution is -2.32. The minimum absolute atomic E-state index is 0.0170. The third-order valence-corrected chi connectivity index (χ3v) is 4.85. The molecule has 1 atom stereocenters. The second kappa shape index (κ2) is 7.88. The summed E-state index contributed by atoms with van der Waals surface area (Å²) in [6.45, 7) is 5.23. The molecule has 0 aromatic heterocycles. The van der Waals surface area contributed by atoms with Gasteiger partial charge in [-0.05, 0) is 43.7 Å². The number of hydrogen-bond acceptors (Lipinski definition) is 1. The lowest BCUT2D eigenvalue weighted by molar-refractivity contribution is 0.216. The zero-order valence-corrected chi connectivity index (χ0v) is 13.2. The molecule has 3 heteroatoms. The first-order valence-electron chi connectivity index (χ1n) is 8.34. The fourth-order valence-electron chi connectivity index (χ4n) is 3.51. The number of rotatable bonds is 6. The molecule has 0 spiro atoms. The summed E-state index contributed by atoms with van der Waals surface area (Å²) < 4.78 is 27.3. The van der Waals surface area contributed by atoms with Crippen LogP contribution in [-0.2, 0) is 0 Å². The van der Waals surface area contributed by atoms with E-state index < -0.39 is 11.6 Å². The molecule has 1 fully saturated rings. The van der Waals surface area contributed by atoms with Gasteiger partial charge < -0.3 is 5.32 Å². The van der Waals surface area contributed by atoms with Gasteiger partial charge in [-0.3, -0.25) is 0 Å². The summed E-state index contributed by atoms with van der Waals surface area (Å²) in [6, 6.07) is 4.01. The Morgan fingerprint density at radius 1 is 1.14 bits per heavy atom. The molecule has 2 rings (SSSR count). The number of hydrogen-bond donors (Lipinski definition) is 1. The van der Waals surface area contributed by atoms with Crippen LogP contribution in [0.1, 0.15) is 64.0 Å². The van der Waals surface area contributed by atoms with E-state index in [0.29, 0.717) is 11.5 Å². The van der Waals surface area contributed by atoms with Crippen molar-refractivity contribution in [1.82, 2.24) is 5.32 Å². The Balaban J connectivity index is 2.14. The van der Waals surface area contributed by atoms with Crippen molar-refractivity contribution in [2.45, 2.75) is 58.4 Å². The maximum absolute atomic E-state index is 14.1. The van der Waals surface area contributed by atoms with Crippen LogP contribution in [0.5, 0.6) is 0 Å². The minimum atomic E-state index is -0.500. The van der Waals surface area contributed by atoms with Crippen LogP contribution in [0.4, 0.5) is 8.78 Å². The maximum Gasteiger partial charge on any atom is 0.130 e. The van der Waals surface area contributed by atoms with Crippen LogP contribution in [-0.4, -0.2) is 6.54 Å². The first-order valence-corrected chi connectivity index (χ1v) is 8.34. The molecular weight excluding hydrogens is 268 g/mol. The fourth-order valence-corrected chi connectivity index (χ4v) is 3.51. The van der Waals surface area contributed by atoms with Gasteiger partial charge in [0.2, 0.25) is 0 Å². The molecule has 0 amide bonds. The Kier molecular flexibility index (Phi) is 6.16. The summed E-state index contributed by atoms with van der Waals surface area (Å²) in [6.07, 6.45) is 6.99. The van der Waals surface area contributed by atoms with E-state index in [0.717, 1.165) is 37.8 Å². The molecule has 0 saturated heterocycles. The van der Waals surface area contributed by atoms with E-state index in [1.807, 2.05) is 0 Å². The summed E-state index contributed by atoms with van der Waals surface area (Å²) in [5.74, 6) is 0.367. The van der Waals surface area contributed by atoms with Gasteiger partial charge in [0.05, 0.1) is 0 Å². The largest absolute Gasteiger partial charge is 0.310 e. The highest BCUT2D eigenvalue weighted by molar-refractivity contribution is 5.23. The molecule has 1 aromatic carbocycles. The third-order valence-electron chi connectivity index (χ3n) is 4.85. The number of nitrogens with one attached hydrogen (secondary N) is 1. The Hall–Kier alpha value is -0.960. The Morgan fingerprint density at radius 3 is 2.43 bits per heavy atom. The van der Waals surface area contributed by atoms with Crippen molar-refractivity contribution in [3.05, 3.63) is 35.4 Å². The van der Waals surface area contributed by atoms with E-state index in [9.17, 15) is 8.78 Å². The zero-order valence-electron chi connectivity index (χ0n) is 13.2. The van der Waals surface area contributed by atoms with Gasteiger partial charge in [0.1, 0.15) is 11.6 Å². The fraction of sp³-hybridized carbons (Fsp3) is 0.667. The van der Waals surface area contributed by atoms with Gasteiger partial charge in [0.25, 0.3) is 0 Å². The highest BCUT2D eigenvalue weighted by atomic mass is 19.1. The molecule has 1 saturated carbocycles. The second-order valence-electron chi connectivity index (χ2n) is 6.29. The van der Waals surface area contributed by atoms with Crippen LogP contribution in [0.15, 0.2) is 18.2 Å². The molecule has 118 valence electrons. The lowest BCUT2D eigenvalue weighted by atomic mass is 9.76. The van der Waals surface area contributed by atoms with Crippen molar-refractivity contribution in [3.8, 4) is 0 Å². The molecule has 1 aliphatic carbocycles. The molecule has 1 nitrogen and oxygen atoms in total. The van der Waals surface area contributed by atoms with Gasteiger partial charge in [0.15, 0.2) is 0 Å². The number of halogens is 2. The highest BCUT2D eigenvalue weighted by Crippen LogP contribution is 2.38. The molecule has 1 unspecified atom stereocenters. The van der Waals surface area contributed by atoms with E-state index in [2.05, 4.69) is 19.2 Å². The van der Waals surface area contributed by atoms with Crippen molar-refractivity contribution in [2.24, 2.45) is 11.8 Å². The van der Waals surface area contributed by atoms with Crippen molar-refractivity contribution in [1.29, 1.82) is 0 Å². The molecule has 0 heterocycles. The SMILES string of the molecule is CCCNC(c1ccc(F)cc1F)C1CCC(CC)CC1. The van der Waals surface area contributed by atoms with Crippen LogP contribution in [0.2, 0.25) is 0 Å². The summed E-state index contributed by atoms with van der Waals surface area (Å²) in [7, 11) is 0. The summed E-state index contributed by atoms with van der Waals surface area (Å²) >= 11 is 0. The quantitative estimate of drug-likeness (QED) is 0.758. The molecule has 1 N–H and O–H groups in total. The molecule has 0 aliphatic heterocycles.